The number of carbonyl (C=O) groups is 1. The summed E-state index contributed by atoms with van der Waals surface area (Å²) < 4.78 is 29.4. The predicted octanol–water partition coefficient (Wildman–Crippen LogP) is 4.35. The SMILES string of the molecule is Cc1nc(C(C)c2cc(Cl)c(F)c(C(=O)N3CC4CCC(C3)O4)c2OC(C)C)n2ccnc(N)c12. The normalized spacial score (nSPS) is 20.6. The first-order valence-corrected chi connectivity index (χ1v) is 12.3. The number of imidazole rings is 1. The molecule has 0 saturated carbocycles. The largest absolute Gasteiger partial charge is 0.490 e. The van der Waals surface area contributed by atoms with Crippen molar-refractivity contribution in [2.24, 2.45) is 0 Å². The summed E-state index contributed by atoms with van der Waals surface area (Å²) in [6, 6.07) is 1.53. The van der Waals surface area contributed by atoms with E-state index in [0.717, 1.165) is 18.5 Å². The number of amides is 1. The number of hydrogen-bond donors (Lipinski definition) is 1. The molecule has 3 unspecified atom stereocenters. The lowest BCUT2D eigenvalue weighted by Crippen LogP contribution is -2.46. The maximum Gasteiger partial charge on any atom is 0.260 e. The van der Waals surface area contributed by atoms with Crippen LogP contribution in [-0.2, 0) is 4.74 Å². The van der Waals surface area contributed by atoms with Crippen molar-refractivity contribution < 1.29 is 18.7 Å². The van der Waals surface area contributed by atoms with Gasteiger partial charge in [0.05, 0.1) is 29.0 Å². The van der Waals surface area contributed by atoms with Crippen molar-refractivity contribution in [1.82, 2.24) is 19.3 Å². The Bertz CT molecular complexity index is 1300. The zero-order chi connectivity index (χ0) is 25.0. The van der Waals surface area contributed by atoms with Crippen LogP contribution in [0.5, 0.6) is 5.75 Å². The van der Waals surface area contributed by atoms with Gasteiger partial charge < -0.3 is 20.1 Å². The number of nitrogens with zero attached hydrogens (tertiary/aromatic N) is 4. The number of hydrogen-bond acceptors (Lipinski definition) is 6. The Morgan fingerprint density at radius 1 is 1.29 bits per heavy atom. The van der Waals surface area contributed by atoms with Gasteiger partial charge in [0, 0.05) is 37.0 Å². The van der Waals surface area contributed by atoms with E-state index in [1.807, 2.05) is 32.1 Å². The molecule has 186 valence electrons. The average molecular weight is 502 g/mol. The molecular weight excluding hydrogens is 473 g/mol. The minimum atomic E-state index is -0.778. The van der Waals surface area contributed by atoms with Gasteiger partial charge in [-0.2, -0.15) is 0 Å². The fourth-order valence-corrected chi connectivity index (χ4v) is 5.37. The van der Waals surface area contributed by atoms with E-state index in [9.17, 15) is 4.79 Å². The Morgan fingerprint density at radius 2 is 1.97 bits per heavy atom. The molecule has 1 aromatic carbocycles. The number of ether oxygens (including phenoxy) is 2. The maximum atomic E-state index is 15.5. The van der Waals surface area contributed by atoms with E-state index in [0.29, 0.717) is 35.8 Å². The van der Waals surface area contributed by atoms with Gasteiger partial charge in [-0.05, 0) is 39.7 Å². The molecule has 2 saturated heterocycles. The van der Waals surface area contributed by atoms with Crippen molar-refractivity contribution in [2.75, 3.05) is 18.8 Å². The second-order valence-corrected chi connectivity index (χ2v) is 10.0. The van der Waals surface area contributed by atoms with Gasteiger partial charge in [-0.25, -0.2) is 14.4 Å². The van der Waals surface area contributed by atoms with Crippen LogP contribution >= 0.6 is 11.6 Å². The monoisotopic (exact) mass is 501 g/mol. The van der Waals surface area contributed by atoms with Gasteiger partial charge >= 0.3 is 0 Å². The number of rotatable bonds is 5. The molecule has 3 atom stereocenters. The minimum Gasteiger partial charge on any atom is -0.490 e. The first-order chi connectivity index (χ1) is 16.7. The van der Waals surface area contributed by atoms with Crippen LogP contribution in [0.1, 0.15) is 67.0 Å². The molecule has 0 spiro atoms. The van der Waals surface area contributed by atoms with Gasteiger partial charge in [0.2, 0.25) is 0 Å². The Morgan fingerprint density at radius 3 is 2.63 bits per heavy atom. The Balaban J connectivity index is 1.65. The van der Waals surface area contributed by atoms with E-state index in [-0.39, 0.29) is 34.6 Å². The van der Waals surface area contributed by atoms with Crippen LogP contribution in [0.3, 0.4) is 0 Å². The van der Waals surface area contributed by atoms with E-state index in [1.165, 1.54) is 6.07 Å². The summed E-state index contributed by atoms with van der Waals surface area (Å²) in [6.45, 7) is 8.30. The van der Waals surface area contributed by atoms with E-state index < -0.39 is 17.6 Å². The molecule has 2 fully saturated rings. The number of fused-ring (bicyclic) bond motifs is 3. The lowest BCUT2D eigenvalue weighted by Gasteiger charge is -2.33. The molecule has 2 bridgehead atoms. The average Bonchev–Trinajstić information content (AvgIpc) is 3.33. The molecule has 3 aromatic rings. The van der Waals surface area contributed by atoms with Crippen LogP contribution in [0.25, 0.3) is 5.52 Å². The maximum absolute atomic E-state index is 15.5. The van der Waals surface area contributed by atoms with Crippen molar-refractivity contribution in [2.45, 2.75) is 64.8 Å². The van der Waals surface area contributed by atoms with Crippen LogP contribution in [0.15, 0.2) is 18.5 Å². The summed E-state index contributed by atoms with van der Waals surface area (Å²) in [5.74, 6) is -0.395. The zero-order valence-corrected chi connectivity index (χ0v) is 21.0. The van der Waals surface area contributed by atoms with Crippen LogP contribution in [0, 0.1) is 12.7 Å². The smallest absolute Gasteiger partial charge is 0.260 e. The first kappa shape index (κ1) is 23.8. The third-order valence-electron chi connectivity index (χ3n) is 6.74. The molecule has 35 heavy (non-hydrogen) atoms. The molecule has 0 radical (unpaired) electrons. The number of nitrogen functional groups attached to an aromatic ring is 1. The van der Waals surface area contributed by atoms with Crippen LogP contribution in [0.4, 0.5) is 10.2 Å². The minimum absolute atomic E-state index is 0.0221. The number of halogens is 2. The molecule has 0 aliphatic carbocycles. The van der Waals surface area contributed by atoms with Crippen molar-refractivity contribution in [3.8, 4) is 5.75 Å². The Labute approximate surface area is 208 Å². The van der Waals surface area contributed by atoms with Crippen molar-refractivity contribution in [3.05, 3.63) is 51.9 Å². The van der Waals surface area contributed by atoms with E-state index in [2.05, 4.69) is 4.98 Å². The van der Waals surface area contributed by atoms with Gasteiger partial charge in [-0.15, -0.1) is 0 Å². The fourth-order valence-electron chi connectivity index (χ4n) is 5.16. The van der Waals surface area contributed by atoms with Crippen molar-refractivity contribution in [3.63, 3.8) is 0 Å². The highest BCUT2D eigenvalue weighted by atomic mass is 35.5. The lowest BCUT2D eigenvalue weighted by atomic mass is 9.95. The third kappa shape index (κ3) is 4.10. The highest BCUT2D eigenvalue weighted by molar-refractivity contribution is 6.31. The van der Waals surface area contributed by atoms with Crippen LogP contribution in [0.2, 0.25) is 5.02 Å². The van der Waals surface area contributed by atoms with Gasteiger partial charge in [-0.3, -0.25) is 9.20 Å². The number of likely N-dealkylation sites (tertiary alicyclic amines) is 1. The molecule has 4 heterocycles. The number of benzene rings is 1. The number of aromatic nitrogens is 3. The highest BCUT2D eigenvalue weighted by Gasteiger charge is 2.39. The Kier molecular flexibility index (Phi) is 6.09. The van der Waals surface area contributed by atoms with Crippen LogP contribution in [-0.4, -0.2) is 56.6 Å². The van der Waals surface area contributed by atoms with E-state index in [1.54, 1.807) is 17.3 Å². The third-order valence-corrected chi connectivity index (χ3v) is 7.01. The molecule has 8 nitrogen and oxygen atoms in total. The molecule has 2 N–H and O–H groups in total. The quantitative estimate of drug-likeness (QED) is 0.558. The Hall–Kier alpha value is -2.91. The second kappa shape index (κ2) is 8.95. The lowest BCUT2D eigenvalue weighted by molar-refractivity contribution is -0.0306. The molecule has 2 aliphatic rings. The van der Waals surface area contributed by atoms with Gasteiger partial charge in [0.15, 0.2) is 5.82 Å². The number of carbonyl (C=O) groups excluding carboxylic acids is 1. The zero-order valence-electron chi connectivity index (χ0n) is 20.2. The number of anilines is 1. The molecule has 1 amide bonds. The second-order valence-electron chi connectivity index (χ2n) is 9.61. The van der Waals surface area contributed by atoms with Crippen molar-refractivity contribution >= 4 is 28.8 Å². The molecule has 10 heteroatoms. The van der Waals surface area contributed by atoms with Gasteiger partial charge in [-0.1, -0.05) is 18.5 Å². The molecule has 2 aliphatic heterocycles. The predicted molar refractivity (Wildman–Crippen MR) is 131 cm³/mol. The number of nitrogens with two attached hydrogens (primary N) is 1. The summed E-state index contributed by atoms with van der Waals surface area (Å²) in [5, 5.41) is -0.138. The van der Waals surface area contributed by atoms with E-state index >= 15 is 4.39 Å². The standard InChI is InChI=1S/C25H29ClFN5O3/c1-12(2)34-22-17(13(3)24-30-14(4)21-23(28)29-7-8-32(21)24)9-18(26)20(27)19(22)25(33)31-10-15-5-6-16(11-31)35-15/h7-9,12-13,15-16H,5-6,10-11H2,1-4H3,(H2,28,29). The summed E-state index contributed by atoms with van der Waals surface area (Å²) in [4.78, 5) is 24.3. The summed E-state index contributed by atoms with van der Waals surface area (Å²) in [7, 11) is 0. The topological polar surface area (TPSA) is 95.0 Å². The summed E-state index contributed by atoms with van der Waals surface area (Å²) >= 11 is 6.38. The number of morpholine rings is 1. The van der Waals surface area contributed by atoms with E-state index in [4.69, 9.17) is 31.8 Å². The van der Waals surface area contributed by atoms with Crippen LogP contribution < -0.4 is 10.5 Å². The highest BCUT2D eigenvalue weighted by Crippen LogP contribution is 2.41. The molecular formula is C25H29ClFN5O3. The molecule has 2 aromatic heterocycles. The van der Waals surface area contributed by atoms with Crippen molar-refractivity contribution in [1.29, 1.82) is 0 Å². The fraction of sp³-hybridized carbons (Fsp3) is 0.480. The number of aryl methyl sites for hydroxylation is 1. The summed E-state index contributed by atoms with van der Waals surface area (Å²) in [6.07, 6.45) is 4.83. The molecule has 5 rings (SSSR count). The van der Waals surface area contributed by atoms with Gasteiger partial charge in [0.1, 0.15) is 28.5 Å². The first-order valence-electron chi connectivity index (χ1n) is 11.9. The summed E-state index contributed by atoms with van der Waals surface area (Å²) in [5.41, 5.74) is 7.95. The van der Waals surface area contributed by atoms with Gasteiger partial charge in [0.25, 0.3) is 5.91 Å².